The van der Waals surface area contributed by atoms with Gasteiger partial charge in [-0.1, -0.05) is 174 Å². The first-order chi connectivity index (χ1) is 27.1. The number of carbonyl (C=O) groups is 3. The monoisotopic (exact) mass is 796 g/mol. The molecule has 0 aliphatic carbocycles. The molecule has 0 aliphatic rings. The average Bonchev–Trinajstić information content (AvgIpc) is 3.15. The van der Waals surface area contributed by atoms with Gasteiger partial charge in [-0.15, -0.1) is 0 Å². The summed E-state index contributed by atoms with van der Waals surface area (Å²) in [6.45, 7) is 4.75. The number of nitrogens with zero attached hydrogens (tertiary/aromatic N) is 1. The van der Waals surface area contributed by atoms with E-state index in [2.05, 4.69) is 26.0 Å². The molecule has 0 N–H and O–H groups in total. The highest BCUT2D eigenvalue weighted by atomic mass is 16.7. The molecule has 0 aromatic heterocycles. The van der Waals surface area contributed by atoms with Gasteiger partial charge in [0.15, 0.2) is 12.4 Å². The number of hydrogen-bond acceptors (Lipinski definition) is 8. The SMILES string of the molecule is CCCCCCCC/C=C\CCCCCCCCCC(=O)OC(COC(=O)CCCCCCCCCCCCCCCC)COC(OCC[N+](C)(C)C)C(=O)[O-]. The van der Waals surface area contributed by atoms with Gasteiger partial charge >= 0.3 is 11.9 Å². The Balaban J connectivity index is 4.40. The molecule has 0 heterocycles. The van der Waals surface area contributed by atoms with Crippen LogP contribution in [0, 0.1) is 0 Å². The summed E-state index contributed by atoms with van der Waals surface area (Å²) in [7, 11) is 5.91. The van der Waals surface area contributed by atoms with Gasteiger partial charge in [-0.2, -0.15) is 0 Å². The fourth-order valence-corrected chi connectivity index (χ4v) is 6.59. The lowest BCUT2D eigenvalue weighted by molar-refractivity contribution is -0.870. The van der Waals surface area contributed by atoms with Crippen LogP contribution in [-0.2, 0) is 33.3 Å². The Hall–Kier alpha value is -1.97. The fourth-order valence-electron chi connectivity index (χ4n) is 6.59. The van der Waals surface area contributed by atoms with E-state index in [9.17, 15) is 19.5 Å². The molecule has 0 spiro atoms. The van der Waals surface area contributed by atoms with Crippen molar-refractivity contribution in [2.45, 2.75) is 225 Å². The third-order valence-electron chi connectivity index (χ3n) is 10.3. The van der Waals surface area contributed by atoms with Crippen molar-refractivity contribution < 1.29 is 42.9 Å². The predicted molar refractivity (Wildman–Crippen MR) is 228 cm³/mol. The molecular formula is C47H89NO8. The fraction of sp³-hybridized carbons (Fsp3) is 0.894. The first-order valence-corrected chi connectivity index (χ1v) is 23.3. The summed E-state index contributed by atoms with van der Waals surface area (Å²) in [5.74, 6) is -2.28. The topological polar surface area (TPSA) is 111 Å². The van der Waals surface area contributed by atoms with Crippen LogP contribution in [0.4, 0.5) is 0 Å². The number of hydrogen-bond donors (Lipinski definition) is 0. The molecule has 9 nitrogen and oxygen atoms in total. The van der Waals surface area contributed by atoms with Gasteiger partial charge < -0.3 is 33.3 Å². The number of aliphatic carboxylic acids is 1. The molecule has 0 aliphatic heterocycles. The molecule has 0 aromatic rings. The molecule has 0 aromatic carbocycles. The van der Waals surface area contributed by atoms with Crippen LogP contribution in [0.5, 0.6) is 0 Å². The number of carboxylic acid groups (broad SMARTS) is 1. The smallest absolute Gasteiger partial charge is 0.306 e. The predicted octanol–water partition coefficient (Wildman–Crippen LogP) is 10.9. The number of rotatable bonds is 43. The van der Waals surface area contributed by atoms with E-state index < -0.39 is 24.3 Å². The number of unbranched alkanes of at least 4 members (excludes halogenated alkanes) is 26. The second-order valence-electron chi connectivity index (χ2n) is 17.1. The van der Waals surface area contributed by atoms with E-state index in [1.54, 1.807) is 0 Å². The molecule has 0 bridgehead atoms. The standard InChI is InChI=1S/C47H89NO8/c1-6-8-10-12-14-16-18-20-22-23-24-26-28-30-32-34-36-38-45(50)56-43(42-55-47(46(51)52)53-40-39-48(3,4)5)41-54-44(49)37-35-33-31-29-27-25-21-19-17-15-13-11-9-7-2/h20,22,43,47H,6-19,21,23-42H2,1-5H3/b22-20-. The number of quaternary nitrogens is 1. The maximum Gasteiger partial charge on any atom is 0.306 e. The third kappa shape index (κ3) is 40.2. The molecular weight excluding hydrogens is 707 g/mol. The van der Waals surface area contributed by atoms with E-state index in [0.29, 0.717) is 23.9 Å². The number of allylic oxidation sites excluding steroid dienone is 2. The minimum absolute atomic E-state index is 0.150. The summed E-state index contributed by atoms with van der Waals surface area (Å²) in [6.07, 6.45) is 38.0. The molecule has 56 heavy (non-hydrogen) atoms. The second-order valence-corrected chi connectivity index (χ2v) is 17.1. The molecule has 330 valence electrons. The van der Waals surface area contributed by atoms with Crippen LogP contribution in [0.25, 0.3) is 0 Å². The number of carboxylic acids is 1. The largest absolute Gasteiger partial charge is 0.545 e. The Labute approximate surface area is 345 Å². The normalized spacial score (nSPS) is 12.9. The van der Waals surface area contributed by atoms with Crippen LogP contribution in [0.2, 0.25) is 0 Å². The molecule has 2 atom stereocenters. The van der Waals surface area contributed by atoms with Crippen molar-refractivity contribution in [3.8, 4) is 0 Å². The van der Waals surface area contributed by atoms with Gasteiger partial charge in [0.2, 0.25) is 0 Å². The van der Waals surface area contributed by atoms with E-state index in [1.165, 1.54) is 135 Å². The number of likely N-dealkylation sites (N-methyl/N-ethyl adjacent to an activating group) is 1. The summed E-state index contributed by atoms with van der Waals surface area (Å²) in [5.41, 5.74) is 0. The quantitative estimate of drug-likeness (QED) is 0.0197. The maximum absolute atomic E-state index is 12.8. The zero-order chi connectivity index (χ0) is 41.4. The first kappa shape index (κ1) is 54.0. The van der Waals surface area contributed by atoms with Crippen LogP contribution in [0.15, 0.2) is 12.2 Å². The Morgan fingerprint density at radius 3 is 1.32 bits per heavy atom. The van der Waals surface area contributed by atoms with Crippen LogP contribution in [0.1, 0.15) is 213 Å². The van der Waals surface area contributed by atoms with Crippen molar-refractivity contribution >= 4 is 17.9 Å². The summed E-state index contributed by atoms with van der Waals surface area (Å²) in [5, 5.41) is 11.7. The van der Waals surface area contributed by atoms with Crippen molar-refractivity contribution in [3.05, 3.63) is 12.2 Å². The summed E-state index contributed by atoms with van der Waals surface area (Å²) in [6, 6.07) is 0. The van der Waals surface area contributed by atoms with E-state index in [0.717, 1.165) is 44.9 Å². The second kappa shape index (κ2) is 39.8. The van der Waals surface area contributed by atoms with Gasteiger partial charge in [0.25, 0.3) is 0 Å². The van der Waals surface area contributed by atoms with Crippen molar-refractivity contribution in [2.24, 2.45) is 0 Å². The maximum atomic E-state index is 12.8. The van der Waals surface area contributed by atoms with Gasteiger partial charge in [-0.05, 0) is 38.5 Å². The third-order valence-corrected chi connectivity index (χ3v) is 10.3. The highest BCUT2D eigenvalue weighted by Gasteiger charge is 2.21. The van der Waals surface area contributed by atoms with Gasteiger partial charge in [-0.25, -0.2) is 0 Å². The molecule has 0 fully saturated rings. The Kier molecular flexibility index (Phi) is 38.4. The summed E-state index contributed by atoms with van der Waals surface area (Å²) in [4.78, 5) is 37.0. The highest BCUT2D eigenvalue weighted by molar-refractivity contribution is 5.70. The summed E-state index contributed by atoms with van der Waals surface area (Å²) >= 11 is 0. The van der Waals surface area contributed by atoms with E-state index in [1.807, 2.05) is 21.1 Å². The van der Waals surface area contributed by atoms with E-state index >= 15 is 0 Å². The molecule has 0 saturated heterocycles. The van der Waals surface area contributed by atoms with Crippen LogP contribution < -0.4 is 5.11 Å². The van der Waals surface area contributed by atoms with E-state index in [-0.39, 0.29) is 32.2 Å². The summed E-state index contributed by atoms with van der Waals surface area (Å²) < 4.78 is 22.6. The Morgan fingerprint density at radius 2 is 0.911 bits per heavy atom. The molecule has 0 saturated carbocycles. The van der Waals surface area contributed by atoms with Gasteiger partial charge in [-0.3, -0.25) is 9.59 Å². The highest BCUT2D eigenvalue weighted by Crippen LogP contribution is 2.15. The minimum atomic E-state index is -1.62. The van der Waals surface area contributed by atoms with E-state index in [4.69, 9.17) is 18.9 Å². The zero-order valence-corrected chi connectivity index (χ0v) is 37.3. The number of ether oxygens (including phenoxy) is 4. The number of esters is 2. The lowest BCUT2D eigenvalue weighted by Crippen LogP contribution is -2.44. The molecule has 2 unspecified atom stereocenters. The van der Waals surface area contributed by atoms with Crippen LogP contribution >= 0.6 is 0 Å². The van der Waals surface area contributed by atoms with Gasteiger partial charge in [0.1, 0.15) is 13.2 Å². The first-order valence-electron chi connectivity index (χ1n) is 23.3. The molecule has 9 heteroatoms. The Morgan fingerprint density at radius 1 is 0.518 bits per heavy atom. The average molecular weight is 796 g/mol. The van der Waals surface area contributed by atoms with Crippen molar-refractivity contribution in [2.75, 3.05) is 47.5 Å². The van der Waals surface area contributed by atoms with Crippen molar-refractivity contribution in [1.29, 1.82) is 0 Å². The minimum Gasteiger partial charge on any atom is -0.545 e. The number of carbonyl (C=O) groups excluding carboxylic acids is 3. The molecule has 0 amide bonds. The lowest BCUT2D eigenvalue weighted by Gasteiger charge is -2.26. The van der Waals surface area contributed by atoms with Crippen molar-refractivity contribution in [1.82, 2.24) is 0 Å². The molecule has 0 rings (SSSR count). The Bertz CT molecular complexity index is 934. The van der Waals surface area contributed by atoms with Gasteiger partial charge in [0, 0.05) is 12.8 Å². The van der Waals surface area contributed by atoms with Gasteiger partial charge in [0.05, 0.1) is 40.3 Å². The molecule has 0 radical (unpaired) electrons. The van der Waals surface area contributed by atoms with Crippen LogP contribution in [-0.4, -0.2) is 82.3 Å². The van der Waals surface area contributed by atoms with Crippen LogP contribution in [0.3, 0.4) is 0 Å². The zero-order valence-electron chi connectivity index (χ0n) is 37.3. The van der Waals surface area contributed by atoms with Crippen molar-refractivity contribution in [3.63, 3.8) is 0 Å². The lowest BCUT2D eigenvalue weighted by atomic mass is 10.0.